The SMILES string of the molecule is CN1CCC(Oc2cccc(N)c2C(=O)O)C1=O. The van der Waals surface area contributed by atoms with E-state index in [1.807, 2.05) is 0 Å². The summed E-state index contributed by atoms with van der Waals surface area (Å²) < 4.78 is 5.48. The Labute approximate surface area is 104 Å². The molecule has 2 rings (SSSR count). The van der Waals surface area contributed by atoms with Crippen molar-refractivity contribution in [2.75, 3.05) is 19.3 Å². The summed E-state index contributed by atoms with van der Waals surface area (Å²) in [4.78, 5) is 24.4. The van der Waals surface area contributed by atoms with Gasteiger partial charge in [0.25, 0.3) is 5.91 Å². The number of carboxylic acid groups (broad SMARTS) is 1. The molecule has 6 heteroatoms. The van der Waals surface area contributed by atoms with Crippen LogP contribution in [0.2, 0.25) is 0 Å². The normalized spacial score (nSPS) is 19.1. The van der Waals surface area contributed by atoms with Crippen LogP contribution >= 0.6 is 0 Å². The fraction of sp³-hybridized carbons (Fsp3) is 0.333. The fourth-order valence-corrected chi connectivity index (χ4v) is 1.93. The highest BCUT2D eigenvalue weighted by Gasteiger charge is 2.32. The van der Waals surface area contributed by atoms with Crippen molar-refractivity contribution in [3.63, 3.8) is 0 Å². The molecule has 1 saturated heterocycles. The van der Waals surface area contributed by atoms with E-state index in [4.69, 9.17) is 15.6 Å². The van der Waals surface area contributed by atoms with Crippen molar-refractivity contribution >= 4 is 17.6 Å². The third kappa shape index (κ3) is 2.09. The van der Waals surface area contributed by atoms with Crippen LogP contribution in [-0.4, -0.2) is 41.6 Å². The number of hydrogen-bond donors (Lipinski definition) is 2. The number of carboxylic acids is 1. The molecule has 1 aromatic carbocycles. The zero-order valence-corrected chi connectivity index (χ0v) is 9.92. The Morgan fingerprint density at radius 3 is 2.83 bits per heavy atom. The minimum Gasteiger partial charge on any atom is -0.480 e. The lowest BCUT2D eigenvalue weighted by atomic mass is 10.1. The smallest absolute Gasteiger partial charge is 0.341 e. The molecule has 96 valence electrons. The van der Waals surface area contributed by atoms with Crippen LogP contribution in [0.1, 0.15) is 16.8 Å². The van der Waals surface area contributed by atoms with Crippen LogP contribution in [0.3, 0.4) is 0 Å². The highest BCUT2D eigenvalue weighted by Crippen LogP contribution is 2.27. The van der Waals surface area contributed by atoms with Crippen LogP contribution < -0.4 is 10.5 Å². The lowest BCUT2D eigenvalue weighted by Crippen LogP contribution is -2.29. The minimum atomic E-state index is -1.16. The molecule has 0 saturated carbocycles. The molecule has 1 fully saturated rings. The molecule has 1 unspecified atom stereocenters. The molecule has 0 spiro atoms. The molecule has 3 N–H and O–H groups in total. The van der Waals surface area contributed by atoms with Crippen LogP contribution in [0.15, 0.2) is 18.2 Å². The number of rotatable bonds is 3. The zero-order valence-electron chi connectivity index (χ0n) is 9.92. The Hall–Kier alpha value is -2.24. The van der Waals surface area contributed by atoms with E-state index in [2.05, 4.69) is 0 Å². The van der Waals surface area contributed by atoms with E-state index < -0.39 is 12.1 Å². The Balaban J connectivity index is 2.27. The molecule has 0 aliphatic carbocycles. The molecule has 1 atom stereocenters. The molecule has 0 bridgehead atoms. The lowest BCUT2D eigenvalue weighted by molar-refractivity contribution is -0.132. The van der Waals surface area contributed by atoms with Crippen molar-refractivity contribution < 1.29 is 19.4 Å². The Morgan fingerprint density at radius 1 is 1.56 bits per heavy atom. The highest BCUT2D eigenvalue weighted by molar-refractivity contribution is 5.97. The number of anilines is 1. The highest BCUT2D eigenvalue weighted by atomic mass is 16.5. The first kappa shape index (κ1) is 12.2. The third-order valence-electron chi connectivity index (χ3n) is 2.92. The van der Waals surface area contributed by atoms with Crippen LogP contribution in [0.4, 0.5) is 5.69 Å². The van der Waals surface area contributed by atoms with Gasteiger partial charge in [-0.15, -0.1) is 0 Å². The van der Waals surface area contributed by atoms with Gasteiger partial charge in [0.1, 0.15) is 11.3 Å². The second-order valence-corrected chi connectivity index (χ2v) is 4.18. The average molecular weight is 250 g/mol. The number of nitrogen functional groups attached to an aromatic ring is 1. The molecule has 1 aliphatic heterocycles. The number of carbonyl (C=O) groups excluding carboxylic acids is 1. The quantitative estimate of drug-likeness (QED) is 0.765. The number of likely N-dealkylation sites (N-methyl/N-ethyl adjacent to an activating group) is 1. The summed E-state index contributed by atoms with van der Waals surface area (Å²) >= 11 is 0. The van der Waals surface area contributed by atoms with Crippen LogP contribution in [0.25, 0.3) is 0 Å². The van der Waals surface area contributed by atoms with Gasteiger partial charge >= 0.3 is 5.97 Å². The van der Waals surface area contributed by atoms with Crippen molar-refractivity contribution in [2.45, 2.75) is 12.5 Å². The number of amides is 1. The fourth-order valence-electron chi connectivity index (χ4n) is 1.93. The molecular weight excluding hydrogens is 236 g/mol. The van der Waals surface area contributed by atoms with E-state index in [0.717, 1.165) is 0 Å². The van der Waals surface area contributed by atoms with Gasteiger partial charge in [-0.2, -0.15) is 0 Å². The van der Waals surface area contributed by atoms with Crippen molar-refractivity contribution in [2.24, 2.45) is 0 Å². The Bertz CT molecular complexity index is 501. The van der Waals surface area contributed by atoms with Gasteiger partial charge in [0, 0.05) is 25.7 Å². The van der Waals surface area contributed by atoms with E-state index in [1.54, 1.807) is 18.0 Å². The molecule has 6 nitrogen and oxygen atoms in total. The molecule has 1 amide bonds. The van der Waals surface area contributed by atoms with E-state index in [1.165, 1.54) is 12.1 Å². The van der Waals surface area contributed by atoms with Crippen LogP contribution in [0, 0.1) is 0 Å². The summed E-state index contributed by atoms with van der Waals surface area (Å²) in [6.07, 6.45) is -0.0849. The first-order valence-electron chi connectivity index (χ1n) is 5.54. The molecule has 1 aliphatic rings. The lowest BCUT2D eigenvalue weighted by Gasteiger charge is -2.15. The largest absolute Gasteiger partial charge is 0.480 e. The van der Waals surface area contributed by atoms with E-state index >= 15 is 0 Å². The number of nitrogens with two attached hydrogens (primary N) is 1. The molecule has 1 aromatic rings. The van der Waals surface area contributed by atoms with Crippen LogP contribution in [-0.2, 0) is 4.79 Å². The summed E-state index contributed by atoms with van der Waals surface area (Å²) in [7, 11) is 1.68. The maximum atomic E-state index is 11.7. The van der Waals surface area contributed by atoms with Gasteiger partial charge in [-0.25, -0.2) is 4.79 Å². The second kappa shape index (κ2) is 4.56. The van der Waals surface area contributed by atoms with Gasteiger partial charge in [-0.05, 0) is 12.1 Å². The van der Waals surface area contributed by atoms with Gasteiger partial charge in [0.15, 0.2) is 6.10 Å². The number of nitrogens with zero attached hydrogens (tertiary/aromatic N) is 1. The predicted octanol–water partition coefficient (Wildman–Crippen LogP) is 0.577. The molecule has 0 aromatic heterocycles. The molecular formula is C12H14N2O4. The summed E-state index contributed by atoms with van der Waals surface area (Å²) in [5.74, 6) is -1.17. The Kier molecular flexibility index (Phi) is 3.10. The maximum absolute atomic E-state index is 11.7. The molecule has 1 heterocycles. The maximum Gasteiger partial charge on any atom is 0.341 e. The summed E-state index contributed by atoms with van der Waals surface area (Å²) in [6.45, 7) is 0.605. The summed E-state index contributed by atoms with van der Waals surface area (Å²) in [5, 5.41) is 9.08. The number of benzene rings is 1. The van der Waals surface area contributed by atoms with Gasteiger partial charge in [0.2, 0.25) is 0 Å². The number of likely N-dealkylation sites (tertiary alicyclic amines) is 1. The van der Waals surface area contributed by atoms with Crippen molar-refractivity contribution in [1.82, 2.24) is 4.90 Å². The predicted molar refractivity (Wildman–Crippen MR) is 64.5 cm³/mol. The third-order valence-corrected chi connectivity index (χ3v) is 2.92. The van der Waals surface area contributed by atoms with Gasteiger partial charge in [0.05, 0.1) is 0 Å². The monoisotopic (exact) mass is 250 g/mol. The van der Waals surface area contributed by atoms with Gasteiger partial charge < -0.3 is 20.5 Å². The summed E-state index contributed by atoms with van der Waals surface area (Å²) in [5.41, 5.74) is 5.63. The first-order chi connectivity index (χ1) is 8.50. The molecule has 0 radical (unpaired) electrons. The molecule has 18 heavy (non-hydrogen) atoms. The van der Waals surface area contributed by atoms with E-state index in [-0.39, 0.29) is 22.9 Å². The summed E-state index contributed by atoms with van der Waals surface area (Å²) in [6, 6.07) is 4.59. The number of ether oxygens (including phenoxy) is 1. The topological polar surface area (TPSA) is 92.9 Å². The number of hydrogen-bond acceptors (Lipinski definition) is 4. The van der Waals surface area contributed by atoms with Crippen molar-refractivity contribution in [1.29, 1.82) is 0 Å². The second-order valence-electron chi connectivity index (χ2n) is 4.18. The zero-order chi connectivity index (χ0) is 13.3. The average Bonchev–Trinajstić information content (AvgIpc) is 2.60. The standard InChI is InChI=1S/C12H14N2O4/c1-14-6-5-9(11(14)15)18-8-4-2-3-7(13)10(8)12(16)17/h2-4,9H,5-6,13H2,1H3,(H,16,17). The van der Waals surface area contributed by atoms with E-state index in [9.17, 15) is 9.59 Å². The van der Waals surface area contributed by atoms with Gasteiger partial charge in [-0.3, -0.25) is 4.79 Å². The van der Waals surface area contributed by atoms with Crippen molar-refractivity contribution in [3.8, 4) is 5.75 Å². The van der Waals surface area contributed by atoms with Crippen LogP contribution in [0.5, 0.6) is 5.75 Å². The minimum absolute atomic E-state index is 0.0974. The van der Waals surface area contributed by atoms with Crippen molar-refractivity contribution in [3.05, 3.63) is 23.8 Å². The number of carbonyl (C=O) groups is 2. The van der Waals surface area contributed by atoms with E-state index in [0.29, 0.717) is 13.0 Å². The van der Waals surface area contributed by atoms with Gasteiger partial charge in [-0.1, -0.05) is 6.07 Å². The number of aromatic carboxylic acids is 1. The first-order valence-corrected chi connectivity index (χ1v) is 5.54. The Morgan fingerprint density at radius 2 is 2.28 bits per heavy atom.